The van der Waals surface area contributed by atoms with Crippen LogP contribution in [-0.2, 0) is 27.2 Å². The molecule has 2 aromatic rings. The van der Waals surface area contributed by atoms with Crippen LogP contribution in [0.3, 0.4) is 0 Å². The maximum Gasteiger partial charge on any atom is 0.339 e. The summed E-state index contributed by atoms with van der Waals surface area (Å²) >= 11 is 0. The number of hydrogen-bond acceptors (Lipinski definition) is 4. The molecule has 6 heteroatoms. The molecule has 2 aromatic carbocycles. The second kappa shape index (κ2) is 6.54. The average molecular weight is 325 g/mol. The average Bonchev–Trinajstić information content (AvgIpc) is 2.56. The second-order valence-electron chi connectivity index (χ2n) is 5.51. The summed E-state index contributed by atoms with van der Waals surface area (Å²) in [6, 6.07) is 13.5. The van der Waals surface area contributed by atoms with Gasteiger partial charge in [0, 0.05) is 12.1 Å². The van der Waals surface area contributed by atoms with Crippen LogP contribution >= 0.6 is 0 Å². The van der Waals surface area contributed by atoms with Crippen molar-refractivity contribution in [1.82, 2.24) is 0 Å². The number of amides is 1. The monoisotopic (exact) mass is 325 g/mol. The summed E-state index contributed by atoms with van der Waals surface area (Å²) in [7, 11) is 0. The normalized spacial score (nSPS) is 16.0. The summed E-state index contributed by atoms with van der Waals surface area (Å²) in [6.07, 6.45) is -0.637. The number of carbonyl (C=O) groups is 3. The van der Waals surface area contributed by atoms with Crippen LogP contribution in [0.5, 0.6) is 0 Å². The third-order valence-corrected chi connectivity index (χ3v) is 3.76. The first kappa shape index (κ1) is 15.7. The summed E-state index contributed by atoms with van der Waals surface area (Å²) in [5, 5.41) is 11.4. The van der Waals surface area contributed by atoms with Gasteiger partial charge in [-0.25, -0.2) is 4.79 Å². The molecule has 1 heterocycles. The van der Waals surface area contributed by atoms with Crippen molar-refractivity contribution in [3.05, 3.63) is 65.2 Å². The Morgan fingerprint density at radius 2 is 1.83 bits per heavy atom. The Morgan fingerprint density at radius 3 is 2.54 bits per heavy atom. The molecule has 0 spiro atoms. The fraction of sp³-hybridized carbons (Fsp3) is 0.167. The number of rotatable bonds is 4. The SMILES string of the molecule is O=C(O)Cc1ccc(NC(=O)[C@@H]2Cc3ccccc3C(=O)O2)cc1. The molecule has 24 heavy (non-hydrogen) atoms. The highest BCUT2D eigenvalue weighted by atomic mass is 16.5. The van der Waals surface area contributed by atoms with E-state index in [1.165, 1.54) is 0 Å². The van der Waals surface area contributed by atoms with E-state index in [2.05, 4.69) is 5.32 Å². The number of anilines is 1. The number of ether oxygens (including phenoxy) is 1. The van der Waals surface area contributed by atoms with Gasteiger partial charge in [-0.05, 0) is 29.3 Å². The van der Waals surface area contributed by atoms with Crippen LogP contribution in [0.2, 0.25) is 0 Å². The van der Waals surface area contributed by atoms with Gasteiger partial charge < -0.3 is 15.2 Å². The number of hydrogen-bond donors (Lipinski definition) is 2. The van der Waals surface area contributed by atoms with Gasteiger partial charge in [0.25, 0.3) is 5.91 Å². The van der Waals surface area contributed by atoms with Crippen LogP contribution in [0.25, 0.3) is 0 Å². The van der Waals surface area contributed by atoms with Crippen LogP contribution in [0, 0.1) is 0 Å². The standard InChI is InChI=1S/C18H15NO5/c20-16(21)9-11-5-7-13(8-6-11)19-17(22)15-10-12-3-1-2-4-14(12)18(23)24-15/h1-8,15H,9-10H2,(H,19,22)(H,20,21)/t15-/m0/s1. The van der Waals surface area contributed by atoms with Crippen molar-refractivity contribution in [2.24, 2.45) is 0 Å². The van der Waals surface area contributed by atoms with Gasteiger partial charge in [-0.15, -0.1) is 0 Å². The van der Waals surface area contributed by atoms with E-state index in [-0.39, 0.29) is 6.42 Å². The van der Waals surface area contributed by atoms with E-state index in [0.717, 1.165) is 5.56 Å². The molecular weight excluding hydrogens is 310 g/mol. The predicted octanol–water partition coefficient (Wildman–Crippen LogP) is 2.03. The first-order chi connectivity index (χ1) is 11.5. The molecule has 1 atom stereocenters. The minimum absolute atomic E-state index is 0.0781. The van der Waals surface area contributed by atoms with E-state index in [0.29, 0.717) is 23.2 Å². The molecule has 0 fully saturated rings. The van der Waals surface area contributed by atoms with Gasteiger partial charge in [-0.3, -0.25) is 9.59 Å². The fourth-order valence-corrected chi connectivity index (χ4v) is 2.58. The van der Waals surface area contributed by atoms with Gasteiger partial charge in [-0.1, -0.05) is 30.3 Å². The Kier molecular flexibility index (Phi) is 4.29. The maximum atomic E-state index is 12.3. The number of fused-ring (bicyclic) bond motifs is 1. The highest BCUT2D eigenvalue weighted by molar-refractivity contribution is 6.00. The molecule has 3 rings (SSSR count). The second-order valence-corrected chi connectivity index (χ2v) is 5.51. The van der Waals surface area contributed by atoms with Crippen molar-refractivity contribution >= 4 is 23.5 Å². The zero-order valence-electron chi connectivity index (χ0n) is 12.7. The lowest BCUT2D eigenvalue weighted by Gasteiger charge is -2.23. The number of benzene rings is 2. The topological polar surface area (TPSA) is 92.7 Å². The highest BCUT2D eigenvalue weighted by Crippen LogP contribution is 2.21. The van der Waals surface area contributed by atoms with E-state index >= 15 is 0 Å². The smallest absolute Gasteiger partial charge is 0.339 e. The largest absolute Gasteiger partial charge is 0.481 e. The molecule has 0 aromatic heterocycles. The lowest BCUT2D eigenvalue weighted by Crippen LogP contribution is -2.37. The lowest BCUT2D eigenvalue weighted by molar-refractivity contribution is -0.136. The lowest BCUT2D eigenvalue weighted by atomic mass is 9.98. The number of aliphatic carboxylic acids is 1. The van der Waals surface area contributed by atoms with Gasteiger partial charge in [0.2, 0.25) is 0 Å². The zero-order valence-corrected chi connectivity index (χ0v) is 12.7. The Hall–Kier alpha value is -3.15. The Balaban J connectivity index is 1.67. The van der Waals surface area contributed by atoms with Crippen molar-refractivity contribution in [2.45, 2.75) is 18.9 Å². The molecule has 0 radical (unpaired) electrons. The van der Waals surface area contributed by atoms with Crippen molar-refractivity contribution < 1.29 is 24.2 Å². The minimum Gasteiger partial charge on any atom is -0.481 e. The molecule has 0 aliphatic carbocycles. The number of nitrogens with one attached hydrogen (secondary N) is 1. The van der Waals surface area contributed by atoms with Gasteiger partial charge in [0.15, 0.2) is 6.10 Å². The van der Waals surface area contributed by atoms with Crippen LogP contribution in [-0.4, -0.2) is 29.1 Å². The van der Waals surface area contributed by atoms with E-state index in [4.69, 9.17) is 9.84 Å². The Labute approximate surface area is 138 Å². The van der Waals surface area contributed by atoms with Gasteiger partial charge in [-0.2, -0.15) is 0 Å². The molecular formula is C18H15NO5. The maximum absolute atomic E-state index is 12.3. The summed E-state index contributed by atoms with van der Waals surface area (Å²) in [5.74, 6) is -1.84. The number of carboxylic acid groups (broad SMARTS) is 1. The number of cyclic esters (lactones) is 1. The van der Waals surface area contributed by atoms with Crippen LogP contribution in [0.1, 0.15) is 21.5 Å². The molecule has 0 bridgehead atoms. The number of esters is 1. The summed E-state index contributed by atoms with van der Waals surface area (Å²) in [6.45, 7) is 0. The summed E-state index contributed by atoms with van der Waals surface area (Å²) in [4.78, 5) is 34.9. The van der Waals surface area contributed by atoms with Crippen LogP contribution in [0.4, 0.5) is 5.69 Å². The van der Waals surface area contributed by atoms with Crippen molar-refractivity contribution in [3.8, 4) is 0 Å². The van der Waals surface area contributed by atoms with Gasteiger partial charge in [0.05, 0.1) is 12.0 Å². The highest BCUT2D eigenvalue weighted by Gasteiger charge is 2.30. The third-order valence-electron chi connectivity index (χ3n) is 3.76. The van der Waals surface area contributed by atoms with Gasteiger partial charge >= 0.3 is 11.9 Å². The zero-order chi connectivity index (χ0) is 17.1. The number of carbonyl (C=O) groups excluding carboxylic acids is 2. The van der Waals surface area contributed by atoms with Crippen molar-refractivity contribution in [2.75, 3.05) is 5.32 Å². The first-order valence-electron chi connectivity index (χ1n) is 7.43. The summed E-state index contributed by atoms with van der Waals surface area (Å²) < 4.78 is 5.19. The Morgan fingerprint density at radius 1 is 1.12 bits per heavy atom. The summed E-state index contributed by atoms with van der Waals surface area (Å²) in [5.41, 5.74) is 2.42. The molecule has 0 saturated heterocycles. The molecule has 1 amide bonds. The molecule has 2 N–H and O–H groups in total. The van der Waals surface area contributed by atoms with E-state index in [1.807, 2.05) is 6.07 Å². The third kappa shape index (κ3) is 3.43. The predicted molar refractivity (Wildman–Crippen MR) is 85.8 cm³/mol. The van der Waals surface area contributed by atoms with Crippen LogP contribution < -0.4 is 5.32 Å². The molecule has 0 saturated carbocycles. The first-order valence-corrected chi connectivity index (χ1v) is 7.43. The van der Waals surface area contributed by atoms with E-state index < -0.39 is 23.9 Å². The number of carboxylic acids is 1. The molecule has 0 unspecified atom stereocenters. The molecule has 1 aliphatic heterocycles. The minimum atomic E-state index is -0.917. The van der Waals surface area contributed by atoms with E-state index in [1.54, 1.807) is 42.5 Å². The van der Waals surface area contributed by atoms with Crippen LogP contribution in [0.15, 0.2) is 48.5 Å². The van der Waals surface area contributed by atoms with Gasteiger partial charge in [0.1, 0.15) is 0 Å². The van der Waals surface area contributed by atoms with E-state index in [9.17, 15) is 14.4 Å². The van der Waals surface area contributed by atoms with Crippen molar-refractivity contribution in [1.29, 1.82) is 0 Å². The van der Waals surface area contributed by atoms with Crippen molar-refractivity contribution in [3.63, 3.8) is 0 Å². The quantitative estimate of drug-likeness (QED) is 0.839. The molecule has 1 aliphatic rings. The molecule has 122 valence electrons. The Bertz CT molecular complexity index is 797. The molecule has 6 nitrogen and oxygen atoms in total. The fourth-order valence-electron chi connectivity index (χ4n) is 2.58.